The van der Waals surface area contributed by atoms with Gasteiger partial charge in [-0.05, 0) is 37.3 Å². The first kappa shape index (κ1) is 14.0. The van der Waals surface area contributed by atoms with Crippen LogP contribution in [0.25, 0.3) is 0 Å². The van der Waals surface area contributed by atoms with E-state index < -0.39 is 0 Å². The van der Waals surface area contributed by atoms with Crippen LogP contribution in [0.1, 0.15) is 25.5 Å². The van der Waals surface area contributed by atoms with Gasteiger partial charge in [-0.15, -0.1) is 10.2 Å². The first-order valence-electron chi connectivity index (χ1n) is 8.47. The highest BCUT2D eigenvalue weighted by Crippen LogP contribution is 2.51. The van der Waals surface area contributed by atoms with Gasteiger partial charge in [0, 0.05) is 18.6 Å². The van der Waals surface area contributed by atoms with Crippen LogP contribution in [0, 0.1) is 11.8 Å². The molecule has 1 saturated carbocycles. The number of rotatable bonds is 3. The van der Waals surface area contributed by atoms with Gasteiger partial charge in [0.05, 0.1) is 5.69 Å². The van der Waals surface area contributed by atoms with Crippen molar-refractivity contribution in [2.75, 3.05) is 11.9 Å². The van der Waals surface area contributed by atoms with Crippen molar-refractivity contribution in [1.29, 1.82) is 0 Å². The van der Waals surface area contributed by atoms with Crippen molar-refractivity contribution in [3.63, 3.8) is 0 Å². The predicted molar refractivity (Wildman–Crippen MR) is 87.7 cm³/mol. The zero-order chi connectivity index (χ0) is 16.1. The third-order valence-corrected chi connectivity index (χ3v) is 5.13. The fraction of sp³-hybridized carbons (Fsp3) is 0.471. The van der Waals surface area contributed by atoms with Crippen molar-refractivity contribution in [2.45, 2.75) is 31.5 Å². The van der Waals surface area contributed by atoms with Crippen LogP contribution < -0.4 is 5.32 Å². The number of benzene rings is 1. The van der Waals surface area contributed by atoms with E-state index in [9.17, 15) is 5.11 Å². The topological polar surface area (TPSA) is 84.0 Å². The van der Waals surface area contributed by atoms with Crippen molar-refractivity contribution < 1.29 is 9.84 Å². The number of hydrogen-bond acceptors (Lipinski definition) is 6. The third-order valence-electron chi connectivity index (χ3n) is 5.13. The summed E-state index contributed by atoms with van der Waals surface area (Å²) in [5.74, 6) is 1.70. The van der Waals surface area contributed by atoms with E-state index >= 15 is 0 Å². The summed E-state index contributed by atoms with van der Waals surface area (Å²) in [5, 5.41) is 26.5. The second kappa shape index (κ2) is 5.31. The number of aromatic hydroxyl groups is 1. The molecule has 7 nitrogen and oxygen atoms in total. The molecular formula is C17H19N5O2. The van der Waals surface area contributed by atoms with Crippen LogP contribution in [0.5, 0.6) is 5.88 Å². The molecule has 0 bridgehead atoms. The number of ether oxygens (including phenoxy) is 1. The molecule has 0 amide bonds. The lowest BCUT2D eigenvalue weighted by molar-refractivity contribution is 0.0112. The maximum atomic E-state index is 10.3. The largest absolute Gasteiger partial charge is 0.491 e. The van der Waals surface area contributed by atoms with E-state index in [1.807, 2.05) is 30.3 Å². The molecule has 2 N–H and O–H groups in total. The van der Waals surface area contributed by atoms with Crippen LogP contribution in [0.4, 0.5) is 17.2 Å². The van der Waals surface area contributed by atoms with Crippen molar-refractivity contribution in [3.05, 3.63) is 30.3 Å². The highest BCUT2D eigenvalue weighted by molar-refractivity contribution is 5.68. The Labute approximate surface area is 139 Å². The molecule has 1 aromatic heterocycles. The Hall–Kier alpha value is -2.41. The second-order valence-electron chi connectivity index (χ2n) is 6.72. The molecule has 1 aromatic carbocycles. The van der Waals surface area contributed by atoms with Gasteiger partial charge in [0.1, 0.15) is 0 Å². The quantitative estimate of drug-likeness (QED) is 0.842. The van der Waals surface area contributed by atoms with Gasteiger partial charge >= 0.3 is 0 Å². The molecule has 0 spiro atoms. The Morgan fingerprint density at radius 3 is 2.79 bits per heavy atom. The maximum absolute atomic E-state index is 10.3. The first-order valence-corrected chi connectivity index (χ1v) is 8.47. The van der Waals surface area contributed by atoms with Crippen molar-refractivity contribution >= 4 is 17.2 Å². The molecule has 0 radical (unpaired) electrons. The summed E-state index contributed by atoms with van der Waals surface area (Å²) in [5.41, 5.74) is 1.12. The zero-order valence-electron chi connectivity index (χ0n) is 13.2. The van der Waals surface area contributed by atoms with Gasteiger partial charge in [0.15, 0.2) is 17.7 Å². The SMILES string of the molecule is Oc1nn2c(c1N=Nc1ccccc1)NC(C1CC1)C1CCOC12. The number of nitrogens with zero attached hydrogens (tertiary/aromatic N) is 4. The van der Waals surface area contributed by atoms with Crippen LogP contribution in [0.2, 0.25) is 0 Å². The summed E-state index contributed by atoms with van der Waals surface area (Å²) in [7, 11) is 0. The summed E-state index contributed by atoms with van der Waals surface area (Å²) >= 11 is 0. The lowest BCUT2D eigenvalue weighted by Gasteiger charge is -2.35. The molecular weight excluding hydrogens is 306 g/mol. The summed E-state index contributed by atoms with van der Waals surface area (Å²) in [6.45, 7) is 0.737. The minimum Gasteiger partial charge on any atom is -0.491 e. The molecule has 1 saturated heterocycles. The molecule has 2 aromatic rings. The Kier molecular flexibility index (Phi) is 3.09. The molecule has 2 aliphatic heterocycles. The van der Waals surface area contributed by atoms with Gasteiger partial charge in [-0.3, -0.25) is 0 Å². The predicted octanol–water partition coefficient (Wildman–Crippen LogP) is 3.74. The van der Waals surface area contributed by atoms with E-state index in [0.717, 1.165) is 18.7 Å². The molecule has 5 rings (SSSR count). The van der Waals surface area contributed by atoms with Gasteiger partial charge < -0.3 is 15.2 Å². The molecule has 3 aliphatic rings. The molecule has 24 heavy (non-hydrogen) atoms. The Morgan fingerprint density at radius 1 is 1.17 bits per heavy atom. The minimum atomic E-state index is -0.113. The average Bonchev–Trinajstić information content (AvgIpc) is 3.23. The summed E-state index contributed by atoms with van der Waals surface area (Å²) in [6, 6.07) is 9.84. The van der Waals surface area contributed by atoms with Gasteiger partial charge in [0.2, 0.25) is 0 Å². The monoisotopic (exact) mass is 325 g/mol. The summed E-state index contributed by atoms with van der Waals surface area (Å²) in [4.78, 5) is 0. The van der Waals surface area contributed by atoms with Crippen LogP contribution >= 0.6 is 0 Å². The average molecular weight is 325 g/mol. The molecule has 3 atom stereocenters. The number of aromatic nitrogens is 2. The summed E-state index contributed by atoms with van der Waals surface area (Å²) in [6.07, 6.45) is 3.42. The fourth-order valence-corrected chi connectivity index (χ4v) is 3.81. The Bertz CT molecular complexity index is 784. The maximum Gasteiger partial charge on any atom is 0.260 e. The van der Waals surface area contributed by atoms with Gasteiger partial charge in [-0.2, -0.15) is 5.11 Å². The van der Waals surface area contributed by atoms with E-state index in [4.69, 9.17) is 4.74 Å². The molecule has 3 unspecified atom stereocenters. The Balaban J connectivity index is 1.53. The smallest absolute Gasteiger partial charge is 0.260 e. The normalized spacial score (nSPS) is 28.6. The van der Waals surface area contributed by atoms with E-state index in [2.05, 4.69) is 20.6 Å². The molecule has 3 heterocycles. The third kappa shape index (κ3) is 2.19. The van der Waals surface area contributed by atoms with Gasteiger partial charge in [-0.25, -0.2) is 4.68 Å². The van der Waals surface area contributed by atoms with Crippen LogP contribution in [0.15, 0.2) is 40.6 Å². The van der Waals surface area contributed by atoms with Crippen molar-refractivity contribution in [2.24, 2.45) is 22.1 Å². The number of anilines is 1. The van der Waals surface area contributed by atoms with Gasteiger partial charge in [0.25, 0.3) is 5.88 Å². The van der Waals surface area contributed by atoms with Crippen molar-refractivity contribution in [3.8, 4) is 5.88 Å². The highest BCUT2D eigenvalue weighted by atomic mass is 16.5. The lowest BCUT2D eigenvalue weighted by atomic mass is 9.91. The van der Waals surface area contributed by atoms with Crippen LogP contribution in [0.3, 0.4) is 0 Å². The van der Waals surface area contributed by atoms with E-state index in [0.29, 0.717) is 29.4 Å². The molecule has 2 fully saturated rings. The first-order chi connectivity index (χ1) is 11.8. The number of azo groups is 1. The standard InChI is InChI=1S/C17H19N5O2/c23-16-14(20-19-11-4-2-1-3-5-11)15-18-13(10-6-7-10)12-8-9-24-17(12)22(15)21-16/h1-5,10,12-13,17-18H,6-9H2,(H,21,23). The van der Waals surface area contributed by atoms with Crippen molar-refractivity contribution in [1.82, 2.24) is 9.78 Å². The van der Waals surface area contributed by atoms with E-state index in [1.165, 1.54) is 12.8 Å². The van der Waals surface area contributed by atoms with Crippen LogP contribution in [-0.2, 0) is 4.74 Å². The lowest BCUT2D eigenvalue weighted by Crippen LogP contribution is -2.40. The molecule has 1 aliphatic carbocycles. The highest BCUT2D eigenvalue weighted by Gasteiger charge is 2.48. The fourth-order valence-electron chi connectivity index (χ4n) is 3.81. The second-order valence-corrected chi connectivity index (χ2v) is 6.72. The molecule has 7 heteroatoms. The number of hydrogen-bond donors (Lipinski definition) is 2. The number of nitrogens with one attached hydrogen (secondary N) is 1. The minimum absolute atomic E-state index is 0.108. The summed E-state index contributed by atoms with van der Waals surface area (Å²) < 4.78 is 7.64. The van der Waals surface area contributed by atoms with Crippen LogP contribution in [-0.4, -0.2) is 27.5 Å². The number of fused-ring (bicyclic) bond motifs is 3. The van der Waals surface area contributed by atoms with Gasteiger partial charge in [-0.1, -0.05) is 18.2 Å². The zero-order valence-corrected chi connectivity index (χ0v) is 13.2. The van der Waals surface area contributed by atoms with E-state index in [1.54, 1.807) is 4.68 Å². The molecule has 124 valence electrons. The Morgan fingerprint density at radius 2 is 2.00 bits per heavy atom. The van der Waals surface area contributed by atoms with E-state index in [-0.39, 0.29) is 12.1 Å².